The zero-order valence-electron chi connectivity index (χ0n) is 17.4. The largest absolute Gasteiger partial charge is 0.502 e. The normalized spacial score (nSPS) is 15.1. The number of ether oxygens (including phenoxy) is 2. The molecule has 2 aromatic carbocycles. The van der Waals surface area contributed by atoms with Gasteiger partial charge in [-0.05, 0) is 59.8 Å². The van der Waals surface area contributed by atoms with E-state index in [1.54, 1.807) is 0 Å². The number of nitrogens with two attached hydrogens (primary N) is 1. The molecule has 1 heterocycles. The minimum atomic E-state index is -3.87. The number of sulfonamides is 1. The summed E-state index contributed by atoms with van der Waals surface area (Å²) in [5.74, 6) is -1.30. The Morgan fingerprint density at radius 1 is 1.15 bits per heavy atom. The maximum absolute atomic E-state index is 12.7. The lowest BCUT2D eigenvalue weighted by atomic mass is 10.1. The number of anilines is 1. The Bertz CT molecular complexity index is 1230. The van der Waals surface area contributed by atoms with Gasteiger partial charge in [-0.15, -0.1) is 0 Å². The Labute approximate surface area is 193 Å². The third-order valence-corrected chi connectivity index (χ3v) is 6.28. The molecule has 1 aliphatic rings. The predicted octanol–water partition coefficient (Wildman–Crippen LogP) is 1.73. The van der Waals surface area contributed by atoms with E-state index in [-0.39, 0.29) is 32.7 Å². The van der Waals surface area contributed by atoms with Crippen molar-refractivity contribution in [1.29, 1.82) is 0 Å². The lowest BCUT2D eigenvalue weighted by Gasteiger charge is -2.12. The number of methoxy groups -OCH3 is 2. The summed E-state index contributed by atoms with van der Waals surface area (Å²) >= 11 is 0.655. The second kappa shape index (κ2) is 9.52. The molecule has 3 rings (SSSR count). The maximum Gasteiger partial charge on any atom is 0.294 e. The molecule has 4 N–H and O–H groups in total. The van der Waals surface area contributed by atoms with Crippen molar-refractivity contribution in [2.45, 2.75) is 4.90 Å². The molecule has 0 saturated carbocycles. The first-order valence-corrected chi connectivity index (χ1v) is 11.5. The second-order valence-electron chi connectivity index (χ2n) is 6.66. The standard InChI is InChI=1S/C20H19N3O8S2/c1-30-14-7-11(8-15(31-2)18(14)25)9-16-19(26)23(20(27)32-16)10-17(24)22-12-3-5-13(6-4-12)33(21,28)29/h3-9,25H,10H2,1-2H3,(H,22,24)(H2,21,28,29)/b16-9-. The maximum atomic E-state index is 12.7. The molecule has 0 radical (unpaired) electrons. The van der Waals surface area contributed by atoms with Crippen LogP contribution < -0.4 is 19.9 Å². The first kappa shape index (κ1) is 24.1. The van der Waals surface area contributed by atoms with Gasteiger partial charge in [0.15, 0.2) is 11.5 Å². The molecule has 11 nitrogen and oxygen atoms in total. The highest BCUT2D eigenvalue weighted by Crippen LogP contribution is 2.39. The van der Waals surface area contributed by atoms with Gasteiger partial charge in [-0.1, -0.05) is 0 Å². The van der Waals surface area contributed by atoms with Crippen LogP contribution in [0.15, 0.2) is 46.2 Å². The monoisotopic (exact) mass is 493 g/mol. The van der Waals surface area contributed by atoms with Gasteiger partial charge in [0.2, 0.25) is 21.7 Å². The Balaban J connectivity index is 1.73. The van der Waals surface area contributed by atoms with Crippen LogP contribution in [0, 0.1) is 0 Å². The van der Waals surface area contributed by atoms with Crippen molar-refractivity contribution >= 4 is 50.6 Å². The highest BCUT2D eigenvalue weighted by molar-refractivity contribution is 8.18. The van der Waals surface area contributed by atoms with Crippen molar-refractivity contribution in [1.82, 2.24) is 4.90 Å². The molecule has 1 aliphatic heterocycles. The minimum Gasteiger partial charge on any atom is -0.502 e. The average molecular weight is 494 g/mol. The quantitative estimate of drug-likeness (QED) is 0.487. The van der Waals surface area contributed by atoms with Crippen molar-refractivity contribution in [2.75, 3.05) is 26.1 Å². The number of carbonyl (C=O) groups excluding carboxylic acids is 3. The number of imide groups is 1. The first-order chi connectivity index (χ1) is 15.5. The molecular formula is C20H19N3O8S2. The second-order valence-corrected chi connectivity index (χ2v) is 9.21. The Hall–Kier alpha value is -3.55. The molecule has 33 heavy (non-hydrogen) atoms. The molecule has 0 aromatic heterocycles. The summed E-state index contributed by atoms with van der Waals surface area (Å²) in [7, 11) is -1.16. The molecule has 0 aliphatic carbocycles. The van der Waals surface area contributed by atoms with Crippen LogP contribution in [0.25, 0.3) is 6.08 Å². The molecule has 13 heteroatoms. The topological polar surface area (TPSA) is 165 Å². The van der Waals surface area contributed by atoms with Crippen molar-refractivity contribution in [2.24, 2.45) is 5.14 Å². The van der Waals surface area contributed by atoms with Gasteiger partial charge >= 0.3 is 0 Å². The van der Waals surface area contributed by atoms with Crippen molar-refractivity contribution < 1.29 is 37.4 Å². The van der Waals surface area contributed by atoms with Crippen LogP contribution in [0.3, 0.4) is 0 Å². The number of phenols is 1. The molecule has 0 unspecified atom stereocenters. The third kappa shape index (κ3) is 5.45. The lowest BCUT2D eigenvalue weighted by molar-refractivity contribution is -0.127. The fraction of sp³-hybridized carbons (Fsp3) is 0.150. The van der Waals surface area contributed by atoms with Crippen LogP contribution in [0.4, 0.5) is 10.5 Å². The van der Waals surface area contributed by atoms with Gasteiger partial charge in [0.05, 0.1) is 24.0 Å². The zero-order valence-corrected chi connectivity index (χ0v) is 19.0. The van der Waals surface area contributed by atoms with E-state index in [1.165, 1.54) is 56.7 Å². The van der Waals surface area contributed by atoms with E-state index in [2.05, 4.69) is 5.32 Å². The number of carbonyl (C=O) groups is 3. The van der Waals surface area contributed by atoms with Gasteiger partial charge in [-0.25, -0.2) is 13.6 Å². The zero-order chi connectivity index (χ0) is 24.3. The van der Waals surface area contributed by atoms with Crippen molar-refractivity contribution in [3.8, 4) is 17.2 Å². The number of thioether (sulfide) groups is 1. The number of primary sulfonamides is 1. The number of amides is 3. The van der Waals surface area contributed by atoms with Crippen LogP contribution in [0.1, 0.15) is 5.56 Å². The molecule has 1 fully saturated rings. The molecule has 3 amide bonds. The van der Waals surface area contributed by atoms with E-state index >= 15 is 0 Å². The summed E-state index contributed by atoms with van der Waals surface area (Å²) < 4.78 is 32.7. The van der Waals surface area contributed by atoms with Crippen LogP contribution in [-0.4, -0.2) is 56.2 Å². The van der Waals surface area contributed by atoms with Crippen LogP contribution in [0.5, 0.6) is 17.2 Å². The number of nitrogens with one attached hydrogen (secondary N) is 1. The van der Waals surface area contributed by atoms with Gasteiger partial charge in [-0.2, -0.15) is 0 Å². The molecule has 1 saturated heterocycles. The van der Waals surface area contributed by atoms with Gasteiger partial charge < -0.3 is 19.9 Å². The van der Waals surface area contributed by atoms with Gasteiger partial charge in [0, 0.05) is 5.69 Å². The highest BCUT2D eigenvalue weighted by atomic mass is 32.2. The number of hydrogen-bond acceptors (Lipinski definition) is 9. The SMILES string of the molecule is COc1cc(/C=C2\SC(=O)N(CC(=O)Nc3ccc(S(N)(=O)=O)cc3)C2=O)cc(OC)c1O. The summed E-state index contributed by atoms with van der Waals surface area (Å²) in [5, 5.41) is 16.9. The lowest BCUT2D eigenvalue weighted by Crippen LogP contribution is -2.36. The molecule has 2 aromatic rings. The predicted molar refractivity (Wildman–Crippen MR) is 120 cm³/mol. The fourth-order valence-corrected chi connectivity index (χ4v) is 4.21. The third-order valence-electron chi connectivity index (χ3n) is 4.44. The molecule has 174 valence electrons. The molecule has 0 atom stereocenters. The number of nitrogens with zero attached hydrogens (tertiary/aromatic N) is 1. The van der Waals surface area contributed by atoms with Crippen molar-refractivity contribution in [3.63, 3.8) is 0 Å². The Kier molecular flexibility index (Phi) is 6.95. The fourth-order valence-electron chi connectivity index (χ4n) is 2.86. The number of aromatic hydroxyl groups is 1. The number of phenolic OH excluding ortho intramolecular Hbond substituents is 1. The molecule has 0 spiro atoms. The van der Waals surface area contributed by atoms with E-state index in [0.29, 0.717) is 17.3 Å². The summed E-state index contributed by atoms with van der Waals surface area (Å²) in [6.45, 7) is -0.541. The summed E-state index contributed by atoms with van der Waals surface area (Å²) in [4.78, 5) is 38.0. The van der Waals surface area contributed by atoms with E-state index in [0.717, 1.165) is 4.90 Å². The minimum absolute atomic E-state index is 0.0695. The van der Waals surface area contributed by atoms with E-state index in [4.69, 9.17) is 14.6 Å². The van der Waals surface area contributed by atoms with E-state index in [1.807, 2.05) is 0 Å². The molecule has 0 bridgehead atoms. The number of benzene rings is 2. The average Bonchev–Trinajstić information content (AvgIpc) is 3.01. The Morgan fingerprint density at radius 3 is 2.24 bits per heavy atom. The summed E-state index contributed by atoms with van der Waals surface area (Å²) in [6.07, 6.45) is 1.42. The van der Waals surface area contributed by atoms with Crippen LogP contribution in [0.2, 0.25) is 0 Å². The van der Waals surface area contributed by atoms with Crippen LogP contribution in [-0.2, 0) is 19.6 Å². The number of hydrogen-bond donors (Lipinski definition) is 3. The summed E-state index contributed by atoms with van der Waals surface area (Å²) in [5.41, 5.74) is 0.699. The van der Waals surface area contributed by atoms with Crippen molar-refractivity contribution in [3.05, 3.63) is 46.9 Å². The van der Waals surface area contributed by atoms with Crippen LogP contribution >= 0.6 is 11.8 Å². The first-order valence-electron chi connectivity index (χ1n) is 9.16. The van der Waals surface area contributed by atoms with Gasteiger partial charge in [0.25, 0.3) is 11.1 Å². The summed E-state index contributed by atoms with van der Waals surface area (Å²) in [6, 6.07) is 8.02. The highest BCUT2D eigenvalue weighted by Gasteiger charge is 2.36. The van der Waals surface area contributed by atoms with Gasteiger partial charge in [-0.3, -0.25) is 19.3 Å². The number of rotatable bonds is 7. The molecular weight excluding hydrogens is 474 g/mol. The van der Waals surface area contributed by atoms with E-state index in [9.17, 15) is 27.9 Å². The van der Waals surface area contributed by atoms with Gasteiger partial charge in [0.1, 0.15) is 6.54 Å². The smallest absolute Gasteiger partial charge is 0.294 e. The Morgan fingerprint density at radius 2 is 1.73 bits per heavy atom. The van der Waals surface area contributed by atoms with E-state index < -0.39 is 33.6 Å².